The highest BCUT2D eigenvalue weighted by Gasteiger charge is 2.02. The topological polar surface area (TPSA) is 52.8 Å². The lowest BCUT2D eigenvalue weighted by Crippen LogP contribution is -2.02. The van der Waals surface area contributed by atoms with Crippen LogP contribution in [-0.4, -0.2) is 32.6 Å². The van der Waals surface area contributed by atoms with Gasteiger partial charge in [-0.25, -0.2) is 9.07 Å². The average Bonchev–Trinajstić information content (AvgIpc) is 2.73. The van der Waals surface area contributed by atoms with Crippen molar-refractivity contribution in [1.82, 2.24) is 20.2 Å². The molecule has 17 heavy (non-hydrogen) atoms. The fourth-order valence-electron chi connectivity index (χ4n) is 1.17. The summed E-state index contributed by atoms with van der Waals surface area (Å²) < 4.78 is 19.7. The maximum atomic E-state index is 12.6. The van der Waals surface area contributed by atoms with Gasteiger partial charge in [0.05, 0.1) is 6.61 Å². The Hall–Kier alpha value is -1.63. The summed E-state index contributed by atoms with van der Waals surface area (Å²) in [6.07, 6.45) is 0. The van der Waals surface area contributed by atoms with Crippen LogP contribution in [0.25, 0.3) is 0 Å². The van der Waals surface area contributed by atoms with E-state index in [4.69, 9.17) is 4.74 Å². The molecular formula is C10H11FN4OS. The molecule has 0 aliphatic heterocycles. The van der Waals surface area contributed by atoms with Gasteiger partial charge in [0, 0.05) is 12.8 Å². The van der Waals surface area contributed by atoms with E-state index in [0.717, 1.165) is 10.9 Å². The monoisotopic (exact) mass is 254 g/mol. The number of nitrogens with zero attached hydrogens (tertiary/aromatic N) is 4. The first-order chi connectivity index (χ1) is 8.25. The third-order valence-electron chi connectivity index (χ3n) is 1.98. The Morgan fingerprint density at radius 3 is 2.76 bits per heavy atom. The molecule has 0 radical (unpaired) electrons. The second-order valence-electron chi connectivity index (χ2n) is 3.24. The SMILES string of the molecule is Cn1nnnc1SCCOc1ccc(F)cc1. The molecule has 0 atom stereocenters. The molecule has 0 N–H and O–H groups in total. The molecule has 1 heterocycles. The van der Waals surface area contributed by atoms with Crippen LogP contribution in [0.2, 0.25) is 0 Å². The number of ether oxygens (including phenoxy) is 1. The Bertz CT molecular complexity index is 473. The Kier molecular flexibility index (Phi) is 3.92. The van der Waals surface area contributed by atoms with Crippen molar-refractivity contribution in [2.75, 3.05) is 12.4 Å². The van der Waals surface area contributed by atoms with Crippen molar-refractivity contribution in [1.29, 1.82) is 0 Å². The molecule has 5 nitrogen and oxygen atoms in total. The van der Waals surface area contributed by atoms with Crippen LogP contribution in [0.1, 0.15) is 0 Å². The molecule has 0 amide bonds. The maximum Gasteiger partial charge on any atom is 0.209 e. The number of aromatic nitrogens is 4. The normalized spacial score (nSPS) is 10.5. The van der Waals surface area contributed by atoms with Crippen LogP contribution in [0.4, 0.5) is 4.39 Å². The van der Waals surface area contributed by atoms with Gasteiger partial charge in [0.25, 0.3) is 0 Å². The average molecular weight is 254 g/mol. The van der Waals surface area contributed by atoms with Crippen LogP contribution >= 0.6 is 11.8 Å². The summed E-state index contributed by atoms with van der Waals surface area (Å²) in [7, 11) is 1.78. The third kappa shape index (κ3) is 3.42. The maximum absolute atomic E-state index is 12.6. The molecule has 0 bridgehead atoms. The number of aryl methyl sites for hydroxylation is 1. The Morgan fingerprint density at radius 1 is 1.35 bits per heavy atom. The number of tetrazole rings is 1. The van der Waals surface area contributed by atoms with E-state index >= 15 is 0 Å². The number of hydrogen-bond donors (Lipinski definition) is 0. The summed E-state index contributed by atoms with van der Waals surface area (Å²) in [5.41, 5.74) is 0. The molecule has 0 saturated heterocycles. The van der Waals surface area contributed by atoms with Crippen LogP contribution in [-0.2, 0) is 7.05 Å². The number of hydrogen-bond acceptors (Lipinski definition) is 5. The summed E-state index contributed by atoms with van der Waals surface area (Å²) >= 11 is 1.50. The van der Waals surface area contributed by atoms with Crippen molar-refractivity contribution in [3.63, 3.8) is 0 Å². The van der Waals surface area contributed by atoms with Gasteiger partial charge in [-0.1, -0.05) is 11.8 Å². The fourth-order valence-corrected chi connectivity index (χ4v) is 1.83. The molecule has 2 aromatic rings. The molecule has 0 spiro atoms. The molecule has 7 heteroatoms. The summed E-state index contributed by atoms with van der Waals surface area (Å²) in [6, 6.07) is 5.94. The van der Waals surface area contributed by atoms with Gasteiger partial charge in [-0.15, -0.1) is 5.10 Å². The zero-order valence-electron chi connectivity index (χ0n) is 9.21. The molecule has 0 fully saturated rings. The third-order valence-corrected chi connectivity index (χ3v) is 2.95. The number of rotatable bonds is 5. The predicted octanol–water partition coefficient (Wildman–Crippen LogP) is 1.52. The van der Waals surface area contributed by atoms with Gasteiger partial charge in [-0.2, -0.15) is 0 Å². The molecule has 0 aliphatic rings. The standard InChI is InChI=1S/C10H11FN4OS/c1-15-10(12-13-14-15)17-7-6-16-9-4-2-8(11)3-5-9/h2-5H,6-7H2,1H3. The van der Waals surface area contributed by atoms with Crippen LogP contribution in [0.5, 0.6) is 5.75 Å². The minimum absolute atomic E-state index is 0.267. The van der Waals surface area contributed by atoms with Crippen LogP contribution in [0.15, 0.2) is 29.4 Å². The van der Waals surface area contributed by atoms with E-state index in [1.165, 1.54) is 23.9 Å². The lowest BCUT2D eigenvalue weighted by Gasteiger charge is -2.04. The minimum Gasteiger partial charge on any atom is -0.493 e. The van der Waals surface area contributed by atoms with Gasteiger partial charge in [0.2, 0.25) is 5.16 Å². The van der Waals surface area contributed by atoms with E-state index in [2.05, 4.69) is 15.5 Å². The molecular weight excluding hydrogens is 243 g/mol. The fraction of sp³-hybridized carbons (Fsp3) is 0.300. The first kappa shape index (κ1) is 11.8. The minimum atomic E-state index is -0.267. The van der Waals surface area contributed by atoms with Gasteiger partial charge in [0.1, 0.15) is 11.6 Å². The Labute approximate surface area is 102 Å². The van der Waals surface area contributed by atoms with Gasteiger partial charge in [-0.3, -0.25) is 0 Å². The zero-order valence-corrected chi connectivity index (χ0v) is 10.0. The second kappa shape index (κ2) is 5.62. The largest absolute Gasteiger partial charge is 0.493 e. The van der Waals surface area contributed by atoms with Crippen LogP contribution < -0.4 is 4.74 Å². The second-order valence-corrected chi connectivity index (χ2v) is 4.30. The number of thioether (sulfide) groups is 1. The lowest BCUT2D eigenvalue weighted by atomic mass is 10.3. The van der Waals surface area contributed by atoms with E-state index in [-0.39, 0.29) is 5.82 Å². The van der Waals surface area contributed by atoms with E-state index in [1.807, 2.05) is 0 Å². The summed E-state index contributed by atoms with van der Waals surface area (Å²) in [5, 5.41) is 11.8. The Morgan fingerprint density at radius 2 is 2.12 bits per heavy atom. The first-order valence-corrected chi connectivity index (χ1v) is 5.98. The van der Waals surface area contributed by atoms with Gasteiger partial charge in [-0.05, 0) is 34.7 Å². The van der Waals surface area contributed by atoms with Crippen molar-refractivity contribution in [2.24, 2.45) is 7.05 Å². The number of halogens is 1. The summed E-state index contributed by atoms with van der Waals surface area (Å²) in [6.45, 7) is 0.517. The highest BCUT2D eigenvalue weighted by atomic mass is 32.2. The number of benzene rings is 1. The highest BCUT2D eigenvalue weighted by Crippen LogP contribution is 2.14. The Balaban J connectivity index is 1.73. The van der Waals surface area contributed by atoms with E-state index in [0.29, 0.717) is 12.4 Å². The lowest BCUT2D eigenvalue weighted by molar-refractivity contribution is 0.343. The van der Waals surface area contributed by atoms with Crippen molar-refractivity contribution >= 4 is 11.8 Å². The van der Waals surface area contributed by atoms with Crippen LogP contribution in [0, 0.1) is 5.82 Å². The zero-order chi connectivity index (χ0) is 12.1. The quantitative estimate of drug-likeness (QED) is 0.598. The molecule has 1 aromatic heterocycles. The molecule has 0 aliphatic carbocycles. The van der Waals surface area contributed by atoms with E-state index in [9.17, 15) is 4.39 Å². The molecule has 90 valence electrons. The molecule has 0 unspecified atom stereocenters. The van der Waals surface area contributed by atoms with Gasteiger partial charge >= 0.3 is 0 Å². The highest BCUT2D eigenvalue weighted by molar-refractivity contribution is 7.99. The van der Waals surface area contributed by atoms with Crippen molar-refractivity contribution < 1.29 is 9.13 Å². The molecule has 1 aromatic carbocycles. The van der Waals surface area contributed by atoms with Crippen molar-refractivity contribution in [3.8, 4) is 5.75 Å². The smallest absolute Gasteiger partial charge is 0.209 e. The van der Waals surface area contributed by atoms with Gasteiger partial charge < -0.3 is 4.74 Å². The first-order valence-electron chi connectivity index (χ1n) is 4.99. The van der Waals surface area contributed by atoms with Gasteiger partial charge in [0.15, 0.2) is 0 Å². The molecule has 0 saturated carbocycles. The summed E-state index contributed by atoms with van der Waals surface area (Å²) in [5.74, 6) is 1.12. The van der Waals surface area contributed by atoms with E-state index in [1.54, 1.807) is 23.9 Å². The van der Waals surface area contributed by atoms with E-state index < -0.39 is 0 Å². The van der Waals surface area contributed by atoms with Crippen LogP contribution in [0.3, 0.4) is 0 Å². The molecule has 2 rings (SSSR count). The summed E-state index contributed by atoms with van der Waals surface area (Å²) in [4.78, 5) is 0. The van der Waals surface area contributed by atoms with Crippen molar-refractivity contribution in [2.45, 2.75) is 5.16 Å². The predicted molar refractivity (Wildman–Crippen MR) is 61.4 cm³/mol. The van der Waals surface area contributed by atoms with Crippen molar-refractivity contribution in [3.05, 3.63) is 30.1 Å².